The summed E-state index contributed by atoms with van der Waals surface area (Å²) in [5.74, 6) is 0.167. The van der Waals surface area contributed by atoms with E-state index in [9.17, 15) is 4.79 Å². The number of nitrogens with one attached hydrogen (secondary N) is 1. The summed E-state index contributed by atoms with van der Waals surface area (Å²) < 4.78 is 2.39. The van der Waals surface area contributed by atoms with Gasteiger partial charge in [0.25, 0.3) is 5.91 Å². The van der Waals surface area contributed by atoms with Crippen molar-refractivity contribution < 1.29 is 4.79 Å². The Morgan fingerprint density at radius 3 is 2.80 bits per heavy atom. The molecule has 0 unspecified atom stereocenters. The number of nitrogen functional groups attached to an aromatic ring is 1. The second-order valence-corrected chi connectivity index (χ2v) is 5.31. The van der Waals surface area contributed by atoms with Crippen LogP contribution in [-0.2, 0) is 13.5 Å². The second kappa shape index (κ2) is 5.62. The molecular formula is C13H16BrN5O. The number of carbonyl (C=O) groups excluding carboxylic acids is 1. The number of halogens is 1. The Balaban J connectivity index is 2.28. The Kier molecular flexibility index (Phi) is 4.08. The van der Waals surface area contributed by atoms with Crippen molar-refractivity contribution in [2.45, 2.75) is 20.3 Å². The molecule has 0 aromatic carbocycles. The van der Waals surface area contributed by atoms with Crippen molar-refractivity contribution in [3.05, 3.63) is 33.7 Å². The van der Waals surface area contributed by atoms with E-state index >= 15 is 0 Å². The summed E-state index contributed by atoms with van der Waals surface area (Å²) in [7, 11) is 1.70. The van der Waals surface area contributed by atoms with Crippen molar-refractivity contribution >= 4 is 33.3 Å². The molecule has 0 radical (unpaired) electrons. The molecule has 20 heavy (non-hydrogen) atoms. The largest absolute Gasteiger partial charge is 0.395 e. The van der Waals surface area contributed by atoms with Gasteiger partial charge in [-0.1, -0.05) is 6.92 Å². The maximum Gasteiger partial charge on any atom is 0.277 e. The summed E-state index contributed by atoms with van der Waals surface area (Å²) >= 11 is 3.37. The van der Waals surface area contributed by atoms with Gasteiger partial charge >= 0.3 is 0 Å². The van der Waals surface area contributed by atoms with Crippen LogP contribution >= 0.6 is 15.9 Å². The molecule has 2 aromatic heterocycles. The molecular weight excluding hydrogens is 322 g/mol. The number of aryl methyl sites for hydroxylation is 3. The van der Waals surface area contributed by atoms with E-state index in [2.05, 4.69) is 31.3 Å². The maximum absolute atomic E-state index is 12.3. The fraction of sp³-hybridized carbons (Fsp3) is 0.308. The SMILES string of the molecule is CCc1nn(C)c(C(=O)Nc2cc(C)c(Br)cn2)c1N. The molecule has 0 aliphatic carbocycles. The van der Waals surface area contributed by atoms with E-state index in [-0.39, 0.29) is 5.91 Å². The van der Waals surface area contributed by atoms with Crippen molar-refractivity contribution in [2.75, 3.05) is 11.1 Å². The highest BCUT2D eigenvalue weighted by molar-refractivity contribution is 9.10. The van der Waals surface area contributed by atoms with E-state index in [1.165, 1.54) is 4.68 Å². The lowest BCUT2D eigenvalue weighted by Crippen LogP contribution is -2.18. The fourth-order valence-electron chi connectivity index (χ4n) is 1.91. The van der Waals surface area contributed by atoms with Crippen LogP contribution in [0, 0.1) is 6.92 Å². The first-order valence-electron chi connectivity index (χ1n) is 6.18. The van der Waals surface area contributed by atoms with E-state index in [0.717, 1.165) is 15.7 Å². The quantitative estimate of drug-likeness (QED) is 0.899. The van der Waals surface area contributed by atoms with Gasteiger partial charge in [-0.3, -0.25) is 9.48 Å². The molecule has 0 saturated carbocycles. The van der Waals surface area contributed by atoms with Crippen LogP contribution in [0.4, 0.5) is 11.5 Å². The molecule has 2 heterocycles. The van der Waals surface area contributed by atoms with Crippen molar-refractivity contribution in [1.82, 2.24) is 14.8 Å². The van der Waals surface area contributed by atoms with Crippen molar-refractivity contribution in [3.63, 3.8) is 0 Å². The summed E-state index contributed by atoms with van der Waals surface area (Å²) in [6.07, 6.45) is 2.33. The van der Waals surface area contributed by atoms with Gasteiger partial charge in [0, 0.05) is 17.7 Å². The van der Waals surface area contributed by atoms with Gasteiger partial charge in [0.15, 0.2) is 0 Å². The molecule has 6 nitrogen and oxygen atoms in total. The van der Waals surface area contributed by atoms with E-state index in [1.54, 1.807) is 19.3 Å². The first-order chi connectivity index (χ1) is 9.43. The van der Waals surface area contributed by atoms with Crippen molar-refractivity contribution in [3.8, 4) is 0 Å². The molecule has 1 amide bonds. The van der Waals surface area contributed by atoms with E-state index < -0.39 is 0 Å². The molecule has 0 spiro atoms. The third-order valence-corrected chi connectivity index (χ3v) is 3.83. The number of hydrogen-bond donors (Lipinski definition) is 2. The number of nitrogens with two attached hydrogens (primary N) is 1. The van der Waals surface area contributed by atoms with Gasteiger partial charge in [-0.2, -0.15) is 5.10 Å². The molecule has 0 fully saturated rings. The lowest BCUT2D eigenvalue weighted by molar-refractivity contribution is 0.101. The van der Waals surface area contributed by atoms with Gasteiger partial charge in [0.05, 0.1) is 11.4 Å². The van der Waals surface area contributed by atoms with Crippen LogP contribution in [0.25, 0.3) is 0 Å². The van der Waals surface area contributed by atoms with Gasteiger partial charge < -0.3 is 11.1 Å². The summed E-state index contributed by atoms with van der Waals surface area (Å²) in [5, 5.41) is 6.96. The third kappa shape index (κ3) is 2.67. The zero-order chi connectivity index (χ0) is 14.9. The highest BCUT2D eigenvalue weighted by atomic mass is 79.9. The molecule has 0 aliphatic heterocycles. The Labute approximate surface area is 125 Å². The normalized spacial score (nSPS) is 10.6. The summed E-state index contributed by atoms with van der Waals surface area (Å²) in [6.45, 7) is 3.87. The van der Waals surface area contributed by atoms with Crippen LogP contribution in [0.15, 0.2) is 16.7 Å². The Morgan fingerprint density at radius 1 is 1.55 bits per heavy atom. The number of hydrogen-bond acceptors (Lipinski definition) is 4. The number of anilines is 2. The van der Waals surface area contributed by atoms with Crippen molar-refractivity contribution in [1.29, 1.82) is 0 Å². The van der Waals surface area contributed by atoms with Crippen LogP contribution in [0.1, 0.15) is 28.7 Å². The topological polar surface area (TPSA) is 85.8 Å². The maximum atomic E-state index is 12.3. The van der Waals surface area contributed by atoms with Crippen LogP contribution in [0.5, 0.6) is 0 Å². The standard InChI is InChI=1S/C13H16BrN5O/c1-4-9-11(15)12(19(3)18-9)13(20)17-10-5-7(2)8(14)6-16-10/h5-6H,4,15H2,1-3H3,(H,16,17,20). The lowest BCUT2D eigenvalue weighted by Gasteiger charge is -2.07. The van der Waals surface area contributed by atoms with Gasteiger partial charge in [-0.05, 0) is 40.9 Å². The van der Waals surface area contributed by atoms with E-state index in [4.69, 9.17) is 5.73 Å². The summed E-state index contributed by atoms with van der Waals surface area (Å²) in [6, 6.07) is 1.79. The molecule has 3 N–H and O–H groups in total. The number of amides is 1. The number of carbonyl (C=O) groups is 1. The highest BCUT2D eigenvalue weighted by Crippen LogP contribution is 2.20. The summed E-state index contributed by atoms with van der Waals surface area (Å²) in [4.78, 5) is 16.4. The molecule has 0 aliphatic rings. The van der Waals surface area contributed by atoms with Crippen molar-refractivity contribution in [2.24, 2.45) is 7.05 Å². The Hall–Kier alpha value is -1.89. The predicted octanol–water partition coefficient (Wildman–Crippen LogP) is 2.28. The minimum absolute atomic E-state index is 0.313. The first-order valence-corrected chi connectivity index (χ1v) is 6.98. The van der Waals surface area contributed by atoms with Gasteiger partial charge in [-0.25, -0.2) is 4.98 Å². The first kappa shape index (κ1) is 14.5. The van der Waals surface area contributed by atoms with E-state index in [0.29, 0.717) is 23.6 Å². The molecule has 0 bridgehead atoms. The molecule has 0 saturated heterocycles. The van der Waals surface area contributed by atoms with Crippen LogP contribution in [-0.4, -0.2) is 20.7 Å². The highest BCUT2D eigenvalue weighted by Gasteiger charge is 2.19. The minimum Gasteiger partial charge on any atom is -0.395 e. The monoisotopic (exact) mass is 337 g/mol. The average molecular weight is 338 g/mol. The zero-order valence-electron chi connectivity index (χ0n) is 11.6. The molecule has 106 valence electrons. The Bertz CT molecular complexity index is 665. The second-order valence-electron chi connectivity index (χ2n) is 4.46. The third-order valence-electron chi connectivity index (χ3n) is 3.00. The lowest BCUT2D eigenvalue weighted by atomic mass is 10.2. The Morgan fingerprint density at radius 2 is 2.25 bits per heavy atom. The summed E-state index contributed by atoms with van der Waals surface area (Å²) in [5.41, 5.74) is 8.43. The molecule has 2 rings (SSSR count). The fourth-order valence-corrected chi connectivity index (χ4v) is 2.13. The smallest absolute Gasteiger partial charge is 0.277 e. The molecule has 2 aromatic rings. The minimum atomic E-state index is -0.313. The number of nitrogens with zero attached hydrogens (tertiary/aromatic N) is 3. The van der Waals surface area contributed by atoms with Gasteiger partial charge in [0.2, 0.25) is 0 Å². The van der Waals surface area contributed by atoms with Crippen LogP contribution in [0.3, 0.4) is 0 Å². The number of aromatic nitrogens is 3. The predicted molar refractivity (Wildman–Crippen MR) is 81.6 cm³/mol. The zero-order valence-corrected chi connectivity index (χ0v) is 13.2. The van der Waals surface area contributed by atoms with Crippen LogP contribution < -0.4 is 11.1 Å². The average Bonchev–Trinajstić information content (AvgIpc) is 2.68. The number of pyridine rings is 1. The molecule has 0 atom stereocenters. The number of rotatable bonds is 3. The molecule has 7 heteroatoms. The van der Waals surface area contributed by atoms with Gasteiger partial charge in [-0.15, -0.1) is 0 Å². The van der Waals surface area contributed by atoms with Gasteiger partial charge in [0.1, 0.15) is 11.5 Å². The van der Waals surface area contributed by atoms with Crippen LogP contribution in [0.2, 0.25) is 0 Å². The van der Waals surface area contributed by atoms with E-state index in [1.807, 2.05) is 13.8 Å².